The van der Waals surface area contributed by atoms with Gasteiger partial charge in [-0.15, -0.1) is 0 Å². The summed E-state index contributed by atoms with van der Waals surface area (Å²) in [5, 5.41) is 0. The number of rotatable bonds is 4. The lowest BCUT2D eigenvalue weighted by Gasteiger charge is -2.27. The van der Waals surface area contributed by atoms with Crippen LogP contribution in [0.4, 0.5) is 4.39 Å². The zero-order chi connectivity index (χ0) is 13.5. The Hall–Kier alpha value is -1.43. The van der Waals surface area contributed by atoms with Crippen molar-refractivity contribution >= 4 is 17.7 Å². The number of ether oxygens (including phenoxy) is 1. The number of hydrogen-bond acceptors (Lipinski definition) is 3. The van der Waals surface area contributed by atoms with Gasteiger partial charge in [-0.1, -0.05) is 12.1 Å². The smallest absolute Gasteiger partial charge is 0.191 e. The molecule has 0 spiro atoms. The minimum absolute atomic E-state index is 0.255. The second-order valence-corrected chi connectivity index (χ2v) is 5.34. The molecule has 0 aromatic heterocycles. The maximum absolute atomic E-state index is 13.3. The maximum atomic E-state index is 13.3. The van der Waals surface area contributed by atoms with Crippen LogP contribution in [0, 0.1) is 5.82 Å². The molecule has 0 unspecified atom stereocenters. The van der Waals surface area contributed by atoms with Crippen molar-refractivity contribution in [2.75, 3.05) is 37.7 Å². The van der Waals surface area contributed by atoms with Crippen LogP contribution in [0.2, 0.25) is 0 Å². The molecule has 1 aliphatic heterocycles. The molecule has 104 valence electrons. The van der Waals surface area contributed by atoms with Crippen LogP contribution in [0.1, 0.15) is 0 Å². The van der Waals surface area contributed by atoms with Crippen molar-refractivity contribution in [1.82, 2.24) is 4.90 Å². The van der Waals surface area contributed by atoms with Gasteiger partial charge in [-0.2, -0.15) is 11.8 Å². The minimum atomic E-state index is -0.354. The summed E-state index contributed by atoms with van der Waals surface area (Å²) in [7, 11) is 0. The molecule has 2 N–H and O–H groups in total. The summed E-state index contributed by atoms with van der Waals surface area (Å²) in [4.78, 5) is 6.33. The molecule has 1 fully saturated rings. The lowest BCUT2D eigenvalue weighted by Crippen LogP contribution is -2.42. The Morgan fingerprint density at radius 3 is 2.84 bits per heavy atom. The number of benzene rings is 1. The van der Waals surface area contributed by atoms with Gasteiger partial charge < -0.3 is 15.4 Å². The Labute approximate surface area is 116 Å². The molecular formula is C13H18FN3OS. The van der Waals surface area contributed by atoms with Gasteiger partial charge in [0.05, 0.1) is 6.54 Å². The largest absolute Gasteiger partial charge is 0.489 e. The van der Waals surface area contributed by atoms with Gasteiger partial charge in [-0.25, -0.2) is 9.38 Å². The van der Waals surface area contributed by atoms with Crippen molar-refractivity contribution in [3.63, 3.8) is 0 Å². The lowest BCUT2D eigenvalue weighted by atomic mass is 10.3. The van der Waals surface area contributed by atoms with Crippen molar-refractivity contribution < 1.29 is 9.13 Å². The molecular weight excluding hydrogens is 265 g/mol. The number of nitrogens with zero attached hydrogens (tertiary/aromatic N) is 2. The van der Waals surface area contributed by atoms with Gasteiger partial charge in [0.1, 0.15) is 6.61 Å². The van der Waals surface area contributed by atoms with E-state index in [1.54, 1.807) is 18.2 Å². The molecule has 1 aromatic rings. The molecule has 0 amide bonds. The molecule has 2 rings (SSSR count). The highest BCUT2D eigenvalue weighted by Crippen LogP contribution is 2.15. The standard InChI is InChI=1S/C13H18FN3OS/c14-11-3-1-2-4-12(11)18-8-5-16-13(15)17-6-9-19-10-7-17/h1-4H,5-10H2,(H2,15,16). The van der Waals surface area contributed by atoms with Crippen LogP contribution in [-0.2, 0) is 0 Å². The summed E-state index contributed by atoms with van der Waals surface area (Å²) < 4.78 is 18.6. The number of hydrogen-bond donors (Lipinski definition) is 1. The van der Waals surface area contributed by atoms with Crippen LogP contribution < -0.4 is 10.5 Å². The zero-order valence-electron chi connectivity index (χ0n) is 10.7. The predicted octanol–water partition coefficient (Wildman–Crippen LogP) is 1.57. The SMILES string of the molecule is NC(=NCCOc1ccccc1F)N1CCSCC1. The quantitative estimate of drug-likeness (QED) is 0.518. The summed E-state index contributed by atoms with van der Waals surface area (Å²) in [5.74, 6) is 2.62. The van der Waals surface area contributed by atoms with Gasteiger partial charge in [0, 0.05) is 24.6 Å². The van der Waals surface area contributed by atoms with Crippen molar-refractivity contribution in [3.8, 4) is 5.75 Å². The second kappa shape index (κ2) is 7.23. The van der Waals surface area contributed by atoms with Gasteiger partial charge in [0.25, 0.3) is 0 Å². The molecule has 1 heterocycles. The molecule has 1 aliphatic rings. The van der Waals surface area contributed by atoms with Gasteiger partial charge >= 0.3 is 0 Å². The third-order valence-corrected chi connectivity index (χ3v) is 3.74. The fourth-order valence-corrected chi connectivity index (χ4v) is 2.67. The highest BCUT2D eigenvalue weighted by molar-refractivity contribution is 7.99. The molecule has 4 nitrogen and oxygen atoms in total. The van der Waals surface area contributed by atoms with E-state index in [0.717, 1.165) is 24.6 Å². The Morgan fingerprint density at radius 1 is 1.37 bits per heavy atom. The minimum Gasteiger partial charge on any atom is -0.489 e. The van der Waals surface area contributed by atoms with Gasteiger partial charge in [-0.05, 0) is 12.1 Å². The highest BCUT2D eigenvalue weighted by Gasteiger charge is 2.11. The lowest BCUT2D eigenvalue weighted by molar-refractivity contribution is 0.310. The van der Waals surface area contributed by atoms with Crippen LogP contribution >= 0.6 is 11.8 Å². The second-order valence-electron chi connectivity index (χ2n) is 4.12. The molecule has 0 atom stereocenters. The van der Waals surface area contributed by atoms with Crippen LogP contribution in [-0.4, -0.2) is 48.6 Å². The number of halogens is 1. The Kier molecular flexibility index (Phi) is 5.32. The predicted molar refractivity (Wildman–Crippen MR) is 77.3 cm³/mol. The fourth-order valence-electron chi connectivity index (χ4n) is 1.77. The fraction of sp³-hybridized carbons (Fsp3) is 0.462. The van der Waals surface area contributed by atoms with Crippen LogP contribution in [0.5, 0.6) is 5.75 Å². The number of nitrogens with two attached hydrogens (primary N) is 1. The van der Waals surface area contributed by atoms with Crippen molar-refractivity contribution in [1.29, 1.82) is 0 Å². The monoisotopic (exact) mass is 283 g/mol. The average Bonchev–Trinajstić information content (AvgIpc) is 2.46. The van der Waals surface area contributed by atoms with Gasteiger partial charge in [-0.3, -0.25) is 0 Å². The average molecular weight is 283 g/mol. The molecule has 0 radical (unpaired) electrons. The van der Waals surface area contributed by atoms with Crippen molar-refractivity contribution in [2.24, 2.45) is 10.7 Å². The van der Waals surface area contributed by atoms with E-state index in [1.807, 2.05) is 11.8 Å². The summed E-state index contributed by atoms with van der Waals surface area (Å²) in [6.07, 6.45) is 0. The van der Waals surface area contributed by atoms with E-state index in [2.05, 4.69) is 9.89 Å². The Balaban J connectivity index is 1.75. The molecule has 1 aromatic carbocycles. The first kappa shape index (κ1) is 14.0. The first-order valence-corrected chi connectivity index (χ1v) is 7.43. The third-order valence-electron chi connectivity index (χ3n) is 2.79. The number of thioether (sulfide) groups is 1. The molecule has 0 saturated carbocycles. The van der Waals surface area contributed by atoms with Gasteiger partial charge in [0.2, 0.25) is 0 Å². The summed E-state index contributed by atoms with van der Waals surface area (Å²) in [6.45, 7) is 2.64. The van der Waals surface area contributed by atoms with Crippen LogP contribution in [0.3, 0.4) is 0 Å². The van der Waals surface area contributed by atoms with Crippen molar-refractivity contribution in [3.05, 3.63) is 30.1 Å². The van der Waals surface area contributed by atoms with Crippen LogP contribution in [0.15, 0.2) is 29.3 Å². The van der Waals surface area contributed by atoms with E-state index < -0.39 is 0 Å². The Morgan fingerprint density at radius 2 is 2.11 bits per heavy atom. The summed E-state index contributed by atoms with van der Waals surface area (Å²) >= 11 is 1.92. The molecule has 6 heteroatoms. The van der Waals surface area contributed by atoms with E-state index in [0.29, 0.717) is 19.1 Å². The van der Waals surface area contributed by atoms with Crippen molar-refractivity contribution in [2.45, 2.75) is 0 Å². The maximum Gasteiger partial charge on any atom is 0.191 e. The third kappa shape index (κ3) is 4.31. The van der Waals surface area contributed by atoms with E-state index >= 15 is 0 Å². The molecule has 0 bridgehead atoms. The number of aliphatic imine (C=N–C) groups is 1. The zero-order valence-corrected chi connectivity index (χ0v) is 11.5. The van der Waals surface area contributed by atoms with Crippen LogP contribution in [0.25, 0.3) is 0 Å². The first-order valence-electron chi connectivity index (χ1n) is 6.27. The van der Waals surface area contributed by atoms with E-state index in [9.17, 15) is 4.39 Å². The molecule has 0 aliphatic carbocycles. The molecule has 19 heavy (non-hydrogen) atoms. The topological polar surface area (TPSA) is 50.9 Å². The van der Waals surface area contributed by atoms with Gasteiger partial charge in [0.15, 0.2) is 17.5 Å². The highest BCUT2D eigenvalue weighted by atomic mass is 32.2. The summed E-state index contributed by atoms with van der Waals surface area (Å²) in [5.41, 5.74) is 5.89. The number of guanidine groups is 1. The van der Waals surface area contributed by atoms with E-state index in [4.69, 9.17) is 10.5 Å². The summed E-state index contributed by atoms with van der Waals surface area (Å²) in [6, 6.07) is 6.34. The normalized spacial score (nSPS) is 16.5. The Bertz CT molecular complexity index is 436. The first-order chi connectivity index (χ1) is 9.27. The number of para-hydroxylation sites is 1. The molecule has 1 saturated heterocycles. The van der Waals surface area contributed by atoms with E-state index in [-0.39, 0.29) is 11.6 Å². The van der Waals surface area contributed by atoms with E-state index in [1.165, 1.54) is 6.07 Å².